The summed E-state index contributed by atoms with van der Waals surface area (Å²) in [5.41, 5.74) is 0. The molecule has 0 saturated heterocycles. The van der Waals surface area contributed by atoms with E-state index < -0.39 is 10.0 Å². The molecule has 1 aliphatic rings. The normalized spacial score (nSPS) is 17.7. The van der Waals surface area contributed by atoms with Crippen molar-refractivity contribution in [2.75, 3.05) is 6.54 Å². The van der Waals surface area contributed by atoms with Crippen molar-refractivity contribution in [3.05, 3.63) is 0 Å². The zero-order valence-electron chi connectivity index (χ0n) is 6.21. The first kappa shape index (κ1) is 8.57. The molecule has 0 atom stereocenters. The third-order valence-electron chi connectivity index (χ3n) is 1.54. The summed E-state index contributed by atoms with van der Waals surface area (Å²) in [5.74, 6) is 2.37. The van der Waals surface area contributed by atoms with Gasteiger partial charge >= 0.3 is 0 Å². The van der Waals surface area contributed by atoms with Gasteiger partial charge in [-0.2, -0.15) is 0 Å². The Morgan fingerprint density at radius 2 is 2.18 bits per heavy atom. The van der Waals surface area contributed by atoms with Crippen LogP contribution in [0, 0.1) is 12.3 Å². The Morgan fingerprint density at radius 3 is 2.64 bits per heavy atom. The largest absolute Gasteiger partial charge is 0.214 e. The number of terminal acetylenes is 1. The molecule has 0 aromatic carbocycles. The zero-order valence-corrected chi connectivity index (χ0v) is 7.02. The van der Waals surface area contributed by atoms with Crippen LogP contribution >= 0.6 is 0 Å². The van der Waals surface area contributed by atoms with Crippen LogP contribution in [0.15, 0.2) is 0 Å². The molecule has 1 N–H and O–H groups in total. The van der Waals surface area contributed by atoms with Crippen molar-refractivity contribution in [3.8, 4) is 12.3 Å². The lowest BCUT2D eigenvalue weighted by Crippen LogP contribution is -2.27. The standard InChI is InChI=1S/C7H11NO2S/c1-2-3-6-8-11(9,10)7-4-5-7/h1,7-8H,3-6H2. The molecule has 1 saturated carbocycles. The first-order valence-corrected chi connectivity index (χ1v) is 5.13. The van der Waals surface area contributed by atoms with Crippen molar-refractivity contribution in [1.29, 1.82) is 0 Å². The van der Waals surface area contributed by atoms with E-state index in [4.69, 9.17) is 6.42 Å². The fraction of sp³-hybridized carbons (Fsp3) is 0.714. The molecule has 0 amide bonds. The molecule has 0 radical (unpaired) electrons. The van der Waals surface area contributed by atoms with Gasteiger partial charge in [0.2, 0.25) is 10.0 Å². The third kappa shape index (κ3) is 2.52. The van der Waals surface area contributed by atoms with E-state index in [2.05, 4.69) is 10.6 Å². The summed E-state index contributed by atoms with van der Waals surface area (Å²) in [4.78, 5) is 0. The van der Waals surface area contributed by atoms with Crippen molar-refractivity contribution >= 4 is 10.0 Å². The molecule has 3 nitrogen and oxygen atoms in total. The predicted octanol–water partition coefficient (Wildman–Crippen LogP) is 0.0915. The smallest absolute Gasteiger partial charge is 0.214 e. The lowest BCUT2D eigenvalue weighted by Gasteiger charge is -2.01. The van der Waals surface area contributed by atoms with E-state index in [1.165, 1.54) is 0 Å². The van der Waals surface area contributed by atoms with Crippen LogP contribution in [0.4, 0.5) is 0 Å². The van der Waals surface area contributed by atoms with Crippen molar-refractivity contribution in [1.82, 2.24) is 4.72 Å². The highest BCUT2D eigenvalue weighted by Gasteiger charge is 2.34. The van der Waals surface area contributed by atoms with Gasteiger partial charge in [0.25, 0.3) is 0 Å². The first-order valence-electron chi connectivity index (χ1n) is 3.59. The molecule has 62 valence electrons. The van der Waals surface area contributed by atoms with E-state index in [0.29, 0.717) is 13.0 Å². The van der Waals surface area contributed by atoms with Crippen LogP contribution in [0.25, 0.3) is 0 Å². The zero-order chi connectivity index (χ0) is 8.32. The number of sulfonamides is 1. The first-order chi connectivity index (χ1) is 5.17. The van der Waals surface area contributed by atoms with Gasteiger partial charge in [-0.1, -0.05) is 0 Å². The highest BCUT2D eigenvalue weighted by molar-refractivity contribution is 7.90. The molecular weight excluding hydrogens is 162 g/mol. The number of hydrogen-bond donors (Lipinski definition) is 1. The van der Waals surface area contributed by atoms with Crippen LogP contribution in [0.2, 0.25) is 0 Å². The number of nitrogens with one attached hydrogen (secondary N) is 1. The van der Waals surface area contributed by atoms with Crippen LogP contribution in [-0.4, -0.2) is 20.2 Å². The van der Waals surface area contributed by atoms with Gasteiger partial charge in [0.1, 0.15) is 0 Å². The maximum Gasteiger partial charge on any atom is 0.214 e. The van der Waals surface area contributed by atoms with E-state index in [-0.39, 0.29) is 5.25 Å². The highest BCUT2D eigenvalue weighted by atomic mass is 32.2. The molecular formula is C7H11NO2S. The summed E-state index contributed by atoms with van der Waals surface area (Å²) in [7, 11) is -3.00. The number of hydrogen-bond acceptors (Lipinski definition) is 2. The lowest BCUT2D eigenvalue weighted by molar-refractivity contribution is 0.581. The second kappa shape index (κ2) is 3.24. The van der Waals surface area contributed by atoms with Gasteiger partial charge in [-0.25, -0.2) is 13.1 Å². The Morgan fingerprint density at radius 1 is 1.55 bits per heavy atom. The van der Waals surface area contributed by atoms with Crippen molar-refractivity contribution in [2.24, 2.45) is 0 Å². The topological polar surface area (TPSA) is 46.2 Å². The molecule has 4 heteroatoms. The average molecular weight is 173 g/mol. The van der Waals surface area contributed by atoms with Crippen LogP contribution in [0.3, 0.4) is 0 Å². The molecule has 0 heterocycles. The summed E-state index contributed by atoms with van der Waals surface area (Å²) < 4.78 is 24.6. The van der Waals surface area contributed by atoms with Gasteiger partial charge in [0.15, 0.2) is 0 Å². The van der Waals surface area contributed by atoms with Crippen molar-refractivity contribution in [3.63, 3.8) is 0 Å². The Labute approximate surface area is 67.2 Å². The summed E-state index contributed by atoms with van der Waals surface area (Å²) in [6.07, 6.45) is 7.02. The van der Waals surface area contributed by atoms with Crippen LogP contribution in [0.5, 0.6) is 0 Å². The fourth-order valence-corrected chi connectivity index (χ4v) is 2.14. The second-order valence-electron chi connectivity index (χ2n) is 2.59. The Balaban J connectivity index is 2.30. The van der Waals surface area contributed by atoms with E-state index in [9.17, 15) is 8.42 Å². The minimum Gasteiger partial charge on any atom is -0.214 e. The molecule has 0 spiro atoms. The molecule has 0 bridgehead atoms. The quantitative estimate of drug-likeness (QED) is 0.484. The Hall–Kier alpha value is -0.530. The van der Waals surface area contributed by atoms with E-state index >= 15 is 0 Å². The van der Waals surface area contributed by atoms with E-state index in [1.807, 2.05) is 0 Å². The summed E-state index contributed by atoms with van der Waals surface area (Å²) in [6, 6.07) is 0. The summed E-state index contributed by atoms with van der Waals surface area (Å²) >= 11 is 0. The Bertz CT molecular complexity index is 259. The lowest BCUT2D eigenvalue weighted by atomic mass is 10.5. The fourth-order valence-electron chi connectivity index (χ4n) is 0.762. The molecule has 1 rings (SSSR count). The maximum atomic E-state index is 11.1. The minimum atomic E-state index is -3.00. The molecule has 0 unspecified atom stereocenters. The van der Waals surface area contributed by atoms with Gasteiger partial charge in [-0.15, -0.1) is 12.3 Å². The molecule has 1 aliphatic carbocycles. The Kier molecular flexibility index (Phi) is 2.53. The summed E-state index contributed by atoms with van der Waals surface area (Å²) in [5, 5.41) is -0.139. The molecule has 1 fully saturated rings. The molecule has 0 aromatic heterocycles. The van der Waals surface area contributed by atoms with Gasteiger partial charge in [0.05, 0.1) is 5.25 Å². The van der Waals surface area contributed by atoms with Crippen LogP contribution < -0.4 is 4.72 Å². The monoisotopic (exact) mass is 173 g/mol. The molecule has 0 aromatic rings. The van der Waals surface area contributed by atoms with Gasteiger partial charge in [-0.3, -0.25) is 0 Å². The van der Waals surface area contributed by atoms with Gasteiger partial charge < -0.3 is 0 Å². The highest BCUT2D eigenvalue weighted by Crippen LogP contribution is 2.27. The van der Waals surface area contributed by atoms with Crippen LogP contribution in [0.1, 0.15) is 19.3 Å². The maximum absolute atomic E-state index is 11.1. The minimum absolute atomic E-state index is 0.139. The van der Waals surface area contributed by atoms with Crippen LogP contribution in [-0.2, 0) is 10.0 Å². The van der Waals surface area contributed by atoms with Gasteiger partial charge in [-0.05, 0) is 12.8 Å². The van der Waals surface area contributed by atoms with Crippen molar-refractivity contribution < 1.29 is 8.42 Å². The second-order valence-corrected chi connectivity index (χ2v) is 4.64. The van der Waals surface area contributed by atoms with Crippen molar-refractivity contribution in [2.45, 2.75) is 24.5 Å². The SMILES string of the molecule is C#CCCNS(=O)(=O)C1CC1. The van der Waals surface area contributed by atoms with E-state index in [0.717, 1.165) is 12.8 Å². The van der Waals surface area contributed by atoms with E-state index in [1.54, 1.807) is 0 Å². The molecule has 11 heavy (non-hydrogen) atoms. The third-order valence-corrected chi connectivity index (χ3v) is 3.49. The summed E-state index contributed by atoms with van der Waals surface area (Å²) in [6.45, 7) is 0.370. The average Bonchev–Trinajstić information content (AvgIpc) is 2.68. The predicted molar refractivity (Wildman–Crippen MR) is 43.4 cm³/mol. The van der Waals surface area contributed by atoms with Gasteiger partial charge in [0, 0.05) is 13.0 Å². The molecule has 0 aliphatic heterocycles. The number of rotatable bonds is 4.